The van der Waals surface area contributed by atoms with Crippen LogP contribution in [0.4, 0.5) is 4.39 Å². The van der Waals surface area contributed by atoms with Crippen LogP contribution in [0.1, 0.15) is 24.5 Å². The fourth-order valence-electron chi connectivity index (χ4n) is 1.83. The molecule has 0 aliphatic rings. The van der Waals surface area contributed by atoms with Crippen LogP contribution in [0.5, 0.6) is 11.5 Å². The van der Waals surface area contributed by atoms with Crippen LogP contribution in [0.3, 0.4) is 0 Å². The third-order valence-corrected chi connectivity index (χ3v) is 2.84. The minimum Gasteiger partial charge on any atom is -0.493 e. The number of ether oxygens (including phenoxy) is 2. The maximum absolute atomic E-state index is 13.6. The average molecular weight is 281 g/mol. The fourth-order valence-corrected chi connectivity index (χ4v) is 1.83. The molecule has 2 N–H and O–H groups in total. The quantitative estimate of drug-likeness (QED) is 0.905. The molecular weight excluding hydrogens is 265 g/mol. The molecule has 1 aromatic heterocycles. The number of nitrogens with zero attached hydrogens (tertiary/aromatic N) is 2. The van der Waals surface area contributed by atoms with Gasteiger partial charge in [-0.15, -0.1) is 0 Å². The van der Waals surface area contributed by atoms with Gasteiger partial charge in [-0.1, -0.05) is 5.16 Å². The highest BCUT2D eigenvalue weighted by Gasteiger charge is 2.20. The fraction of sp³-hybridized carbons (Fsp3) is 0.385. The Morgan fingerprint density at radius 1 is 1.35 bits per heavy atom. The molecular formula is C13H16FN3O3. The molecule has 0 saturated carbocycles. The molecule has 7 heteroatoms. The lowest BCUT2D eigenvalue weighted by Crippen LogP contribution is -1.99. The third-order valence-electron chi connectivity index (χ3n) is 2.84. The van der Waals surface area contributed by atoms with Crippen LogP contribution in [-0.2, 0) is 6.54 Å². The van der Waals surface area contributed by atoms with Gasteiger partial charge in [-0.2, -0.15) is 4.98 Å². The topological polar surface area (TPSA) is 83.4 Å². The van der Waals surface area contributed by atoms with E-state index in [1.807, 2.05) is 0 Å². The van der Waals surface area contributed by atoms with Crippen LogP contribution >= 0.6 is 0 Å². The van der Waals surface area contributed by atoms with Crippen LogP contribution in [0.2, 0.25) is 0 Å². The Labute approximate surface area is 115 Å². The normalized spacial score (nSPS) is 12.2. The number of nitrogens with two attached hydrogens (primary N) is 1. The van der Waals surface area contributed by atoms with Gasteiger partial charge in [0, 0.05) is 0 Å². The Balaban J connectivity index is 2.61. The molecule has 0 saturated heterocycles. The molecule has 2 aromatic rings. The first-order valence-corrected chi connectivity index (χ1v) is 6.03. The van der Waals surface area contributed by atoms with Crippen molar-refractivity contribution in [1.29, 1.82) is 0 Å². The van der Waals surface area contributed by atoms with Crippen LogP contribution in [0.25, 0.3) is 11.4 Å². The molecule has 0 radical (unpaired) electrons. The van der Waals surface area contributed by atoms with Crippen molar-refractivity contribution in [3.8, 4) is 22.9 Å². The molecule has 0 amide bonds. The van der Waals surface area contributed by atoms with Gasteiger partial charge in [0.1, 0.15) is 6.17 Å². The van der Waals surface area contributed by atoms with E-state index < -0.39 is 6.17 Å². The van der Waals surface area contributed by atoms with Crippen LogP contribution in [0, 0.1) is 0 Å². The molecule has 0 spiro atoms. The first-order chi connectivity index (χ1) is 9.60. The van der Waals surface area contributed by atoms with Crippen LogP contribution in [0.15, 0.2) is 16.7 Å². The molecule has 1 atom stereocenters. The molecule has 0 bridgehead atoms. The summed E-state index contributed by atoms with van der Waals surface area (Å²) in [6, 6.07) is 3.19. The summed E-state index contributed by atoms with van der Waals surface area (Å²) in [5.41, 5.74) is 6.37. The minimum absolute atomic E-state index is 0.131. The van der Waals surface area contributed by atoms with Gasteiger partial charge < -0.3 is 19.7 Å². The largest absolute Gasteiger partial charge is 0.493 e. The number of methoxy groups -OCH3 is 2. The lowest BCUT2D eigenvalue weighted by atomic mass is 10.0. The molecule has 0 fully saturated rings. The van der Waals surface area contributed by atoms with E-state index in [1.165, 1.54) is 21.1 Å². The molecule has 6 nitrogen and oxygen atoms in total. The number of alkyl halides is 1. The summed E-state index contributed by atoms with van der Waals surface area (Å²) in [4.78, 5) is 4.12. The number of hydrogen-bond donors (Lipinski definition) is 1. The average Bonchev–Trinajstić information content (AvgIpc) is 2.94. The van der Waals surface area contributed by atoms with Gasteiger partial charge >= 0.3 is 0 Å². The van der Waals surface area contributed by atoms with Crippen molar-refractivity contribution in [1.82, 2.24) is 10.1 Å². The number of rotatable bonds is 5. The molecule has 108 valence electrons. The lowest BCUT2D eigenvalue weighted by molar-refractivity contribution is 0.347. The summed E-state index contributed by atoms with van der Waals surface area (Å²) < 4.78 is 29.1. The van der Waals surface area contributed by atoms with Gasteiger partial charge in [-0.25, -0.2) is 4.39 Å². The van der Waals surface area contributed by atoms with E-state index in [-0.39, 0.29) is 12.4 Å². The standard InChI is InChI=1S/C13H16FN3O3/c1-7(14)8-4-9(12(19-3)10(5-8)18-2)13-16-11(6-15)20-17-13/h4-5,7H,6,15H2,1-3H3. The number of benzene rings is 1. The lowest BCUT2D eigenvalue weighted by Gasteiger charge is -2.13. The van der Waals surface area contributed by atoms with E-state index in [0.717, 1.165) is 0 Å². The Morgan fingerprint density at radius 2 is 2.10 bits per heavy atom. The Hall–Kier alpha value is -2.15. The monoisotopic (exact) mass is 281 g/mol. The summed E-state index contributed by atoms with van der Waals surface area (Å²) in [7, 11) is 2.97. The molecule has 0 aliphatic carbocycles. The summed E-state index contributed by atoms with van der Waals surface area (Å²) in [6.45, 7) is 1.57. The second kappa shape index (κ2) is 5.87. The Kier molecular flexibility index (Phi) is 4.19. The zero-order valence-electron chi connectivity index (χ0n) is 11.5. The summed E-state index contributed by atoms with van der Waals surface area (Å²) in [5, 5.41) is 3.82. The van der Waals surface area contributed by atoms with Crippen molar-refractivity contribution in [3.63, 3.8) is 0 Å². The second-order valence-electron chi connectivity index (χ2n) is 4.14. The van der Waals surface area contributed by atoms with Gasteiger partial charge in [-0.3, -0.25) is 0 Å². The second-order valence-corrected chi connectivity index (χ2v) is 4.14. The van der Waals surface area contributed by atoms with E-state index in [4.69, 9.17) is 19.7 Å². The minimum atomic E-state index is -1.16. The smallest absolute Gasteiger partial charge is 0.240 e. The van der Waals surface area contributed by atoms with E-state index in [1.54, 1.807) is 12.1 Å². The van der Waals surface area contributed by atoms with Crippen LogP contribution < -0.4 is 15.2 Å². The van der Waals surface area contributed by atoms with Crippen molar-refractivity contribution in [2.75, 3.05) is 14.2 Å². The van der Waals surface area contributed by atoms with E-state index in [2.05, 4.69) is 10.1 Å². The maximum Gasteiger partial charge on any atom is 0.240 e. The number of hydrogen-bond acceptors (Lipinski definition) is 6. The molecule has 1 aromatic carbocycles. The van der Waals surface area contributed by atoms with Crippen molar-refractivity contribution in [3.05, 3.63) is 23.6 Å². The predicted octanol–water partition coefficient (Wildman–Crippen LogP) is 2.24. The van der Waals surface area contributed by atoms with Gasteiger partial charge in [0.25, 0.3) is 0 Å². The zero-order chi connectivity index (χ0) is 14.7. The summed E-state index contributed by atoms with van der Waals surface area (Å²) in [6.07, 6.45) is -1.16. The van der Waals surface area contributed by atoms with E-state index >= 15 is 0 Å². The molecule has 1 heterocycles. The first-order valence-electron chi connectivity index (χ1n) is 6.03. The Morgan fingerprint density at radius 3 is 2.60 bits per heavy atom. The van der Waals surface area contributed by atoms with Gasteiger partial charge in [-0.05, 0) is 24.6 Å². The molecule has 2 rings (SSSR count). The predicted molar refractivity (Wildman–Crippen MR) is 70.3 cm³/mol. The maximum atomic E-state index is 13.6. The highest BCUT2D eigenvalue weighted by molar-refractivity contribution is 5.70. The van der Waals surface area contributed by atoms with E-state index in [0.29, 0.717) is 28.5 Å². The summed E-state index contributed by atoms with van der Waals surface area (Å²) >= 11 is 0. The van der Waals surface area contributed by atoms with Gasteiger partial charge in [0.2, 0.25) is 11.7 Å². The zero-order valence-corrected chi connectivity index (χ0v) is 11.5. The Bertz CT molecular complexity index is 599. The van der Waals surface area contributed by atoms with E-state index in [9.17, 15) is 4.39 Å². The van der Waals surface area contributed by atoms with Crippen molar-refractivity contribution >= 4 is 0 Å². The molecule has 20 heavy (non-hydrogen) atoms. The van der Waals surface area contributed by atoms with Crippen LogP contribution in [-0.4, -0.2) is 24.4 Å². The molecule has 1 unspecified atom stereocenters. The first kappa shape index (κ1) is 14.3. The SMILES string of the molecule is COc1cc(C(C)F)cc(-c2noc(CN)n2)c1OC. The highest BCUT2D eigenvalue weighted by atomic mass is 19.1. The third kappa shape index (κ3) is 2.57. The van der Waals surface area contributed by atoms with Gasteiger partial charge in [0.15, 0.2) is 11.5 Å². The highest BCUT2D eigenvalue weighted by Crippen LogP contribution is 2.40. The van der Waals surface area contributed by atoms with Crippen molar-refractivity contribution in [2.45, 2.75) is 19.6 Å². The van der Waals surface area contributed by atoms with Crippen molar-refractivity contribution < 1.29 is 18.4 Å². The summed E-state index contributed by atoms with van der Waals surface area (Å²) in [5.74, 6) is 1.40. The van der Waals surface area contributed by atoms with Gasteiger partial charge in [0.05, 0.1) is 26.3 Å². The number of halogens is 1. The van der Waals surface area contributed by atoms with Crippen molar-refractivity contribution in [2.24, 2.45) is 5.73 Å². The number of aromatic nitrogens is 2. The molecule has 0 aliphatic heterocycles.